The van der Waals surface area contributed by atoms with Gasteiger partial charge in [-0.3, -0.25) is 4.68 Å². The highest BCUT2D eigenvalue weighted by atomic mass is 35.5. The molecule has 0 unspecified atom stereocenters. The quantitative estimate of drug-likeness (QED) is 0.802. The van der Waals surface area contributed by atoms with Crippen LogP contribution in [-0.2, 0) is 6.54 Å². The van der Waals surface area contributed by atoms with Crippen molar-refractivity contribution in [2.24, 2.45) is 0 Å². The minimum Gasteiger partial charge on any atom is -0.478 e. The monoisotopic (exact) mass is 308 g/mol. The molecule has 6 nitrogen and oxygen atoms in total. The number of pyridine rings is 1. The van der Waals surface area contributed by atoms with Gasteiger partial charge in [0, 0.05) is 25.0 Å². The molecule has 112 valence electrons. The third-order valence-electron chi connectivity index (χ3n) is 3.06. The molecule has 0 fully saturated rings. The first-order chi connectivity index (χ1) is 9.99. The standard InChI is InChI=1S/C14H17ClN4O2/c1-9-8-10(2)19(18-9)7-3-5-16-13-12(15)11(14(20)21)4-6-17-13/h4,6,8H,3,5,7H2,1-2H3,(H,16,17)(H,20,21). The molecular formula is C14H17ClN4O2. The topological polar surface area (TPSA) is 80.0 Å². The highest BCUT2D eigenvalue weighted by Gasteiger charge is 2.12. The van der Waals surface area contributed by atoms with Gasteiger partial charge in [-0.05, 0) is 32.4 Å². The number of hydrogen-bond acceptors (Lipinski definition) is 4. The van der Waals surface area contributed by atoms with Gasteiger partial charge in [0.15, 0.2) is 0 Å². The molecule has 2 aromatic heterocycles. The van der Waals surface area contributed by atoms with Gasteiger partial charge in [0.1, 0.15) is 5.82 Å². The SMILES string of the molecule is Cc1cc(C)n(CCCNc2nccc(C(=O)O)c2Cl)n1. The summed E-state index contributed by atoms with van der Waals surface area (Å²) in [6, 6.07) is 3.41. The summed E-state index contributed by atoms with van der Waals surface area (Å²) in [6.45, 7) is 5.39. The predicted molar refractivity (Wildman–Crippen MR) is 81.0 cm³/mol. The Hall–Kier alpha value is -2.08. The molecule has 2 aromatic rings. The van der Waals surface area contributed by atoms with Crippen LogP contribution in [0.5, 0.6) is 0 Å². The van der Waals surface area contributed by atoms with Crippen molar-refractivity contribution in [2.45, 2.75) is 26.8 Å². The predicted octanol–water partition coefficient (Wildman–Crippen LogP) is 2.75. The number of aryl methyl sites for hydroxylation is 3. The lowest BCUT2D eigenvalue weighted by molar-refractivity contribution is 0.0697. The smallest absolute Gasteiger partial charge is 0.337 e. The molecular weight excluding hydrogens is 292 g/mol. The van der Waals surface area contributed by atoms with Gasteiger partial charge < -0.3 is 10.4 Å². The summed E-state index contributed by atoms with van der Waals surface area (Å²) in [5.41, 5.74) is 2.17. The fourth-order valence-corrected chi connectivity index (χ4v) is 2.33. The fourth-order valence-electron chi connectivity index (χ4n) is 2.07. The maximum atomic E-state index is 11.0. The molecule has 2 N–H and O–H groups in total. The average molecular weight is 309 g/mol. The van der Waals surface area contributed by atoms with Gasteiger partial charge >= 0.3 is 5.97 Å². The number of nitrogens with zero attached hydrogens (tertiary/aromatic N) is 3. The maximum absolute atomic E-state index is 11.0. The molecule has 0 aliphatic rings. The minimum atomic E-state index is -1.06. The van der Waals surface area contributed by atoms with Crippen LogP contribution in [0.3, 0.4) is 0 Å². The summed E-state index contributed by atoms with van der Waals surface area (Å²) in [6.07, 6.45) is 2.26. The number of aromatic nitrogens is 3. The second kappa shape index (κ2) is 6.58. The summed E-state index contributed by atoms with van der Waals surface area (Å²) in [5.74, 6) is -0.668. The van der Waals surface area contributed by atoms with E-state index in [1.165, 1.54) is 12.3 Å². The minimum absolute atomic E-state index is 0.0488. The Labute approximate surface area is 127 Å². The zero-order valence-corrected chi connectivity index (χ0v) is 12.7. The second-order valence-electron chi connectivity index (χ2n) is 4.76. The maximum Gasteiger partial charge on any atom is 0.337 e. The lowest BCUT2D eigenvalue weighted by Crippen LogP contribution is -2.11. The van der Waals surface area contributed by atoms with Gasteiger partial charge in [-0.15, -0.1) is 0 Å². The molecule has 0 radical (unpaired) electrons. The van der Waals surface area contributed by atoms with Crippen LogP contribution in [-0.4, -0.2) is 32.4 Å². The first-order valence-electron chi connectivity index (χ1n) is 6.61. The van der Waals surface area contributed by atoms with E-state index in [4.69, 9.17) is 16.7 Å². The Morgan fingerprint density at radius 3 is 2.86 bits per heavy atom. The van der Waals surface area contributed by atoms with Crippen LogP contribution in [0.2, 0.25) is 5.02 Å². The number of nitrogens with one attached hydrogen (secondary N) is 1. The van der Waals surface area contributed by atoms with Crippen molar-refractivity contribution in [2.75, 3.05) is 11.9 Å². The van der Waals surface area contributed by atoms with E-state index in [1.807, 2.05) is 24.6 Å². The second-order valence-corrected chi connectivity index (χ2v) is 5.13. The normalized spacial score (nSPS) is 10.6. The number of hydrogen-bond donors (Lipinski definition) is 2. The Bertz CT molecular complexity index is 654. The summed E-state index contributed by atoms with van der Waals surface area (Å²) in [5, 5.41) is 16.6. The van der Waals surface area contributed by atoms with Gasteiger partial charge in [-0.1, -0.05) is 11.6 Å². The molecule has 21 heavy (non-hydrogen) atoms. The Kier molecular flexibility index (Phi) is 4.80. The van der Waals surface area contributed by atoms with Crippen molar-refractivity contribution in [3.05, 3.63) is 40.3 Å². The van der Waals surface area contributed by atoms with Crippen LogP contribution in [0, 0.1) is 13.8 Å². The van der Waals surface area contributed by atoms with E-state index in [0.717, 1.165) is 24.4 Å². The Morgan fingerprint density at radius 2 is 2.24 bits per heavy atom. The summed E-state index contributed by atoms with van der Waals surface area (Å²) < 4.78 is 1.94. The lowest BCUT2D eigenvalue weighted by atomic mass is 10.2. The molecule has 0 aromatic carbocycles. The molecule has 2 heterocycles. The Morgan fingerprint density at radius 1 is 1.48 bits per heavy atom. The van der Waals surface area contributed by atoms with E-state index in [2.05, 4.69) is 15.4 Å². The van der Waals surface area contributed by atoms with Crippen LogP contribution in [0.15, 0.2) is 18.3 Å². The van der Waals surface area contributed by atoms with E-state index in [-0.39, 0.29) is 10.6 Å². The molecule has 0 atom stereocenters. The molecule has 0 aliphatic heterocycles. The van der Waals surface area contributed by atoms with Gasteiger partial charge in [0.2, 0.25) is 0 Å². The van der Waals surface area contributed by atoms with Gasteiger partial charge in [0.05, 0.1) is 16.3 Å². The van der Waals surface area contributed by atoms with Crippen molar-refractivity contribution in [3.63, 3.8) is 0 Å². The summed E-state index contributed by atoms with van der Waals surface area (Å²) in [4.78, 5) is 15.0. The molecule has 0 saturated heterocycles. The van der Waals surface area contributed by atoms with Crippen LogP contribution in [0.25, 0.3) is 0 Å². The van der Waals surface area contributed by atoms with Crippen LogP contribution < -0.4 is 5.32 Å². The number of carbonyl (C=O) groups is 1. The van der Waals surface area contributed by atoms with E-state index in [0.29, 0.717) is 12.4 Å². The highest BCUT2D eigenvalue weighted by Crippen LogP contribution is 2.23. The third-order valence-corrected chi connectivity index (χ3v) is 3.44. The summed E-state index contributed by atoms with van der Waals surface area (Å²) in [7, 11) is 0. The lowest BCUT2D eigenvalue weighted by Gasteiger charge is -2.09. The summed E-state index contributed by atoms with van der Waals surface area (Å²) >= 11 is 6.00. The van der Waals surface area contributed by atoms with E-state index < -0.39 is 5.97 Å². The largest absolute Gasteiger partial charge is 0.478 e. The number of carboxylic acid groups (broad SMARTS) is 1. The number of carboxylic acids is 1. The fraction of sp³-hybridized carbons (Fsp3) is 0.357. The van der Waals surface area contributed by atoms with Crippen molar-refractivity contribution in [3.8, 4) is 0 Å². The van der Waals surface area contributed by atoms with Crippen molar-refractivity contribution < 1.29 is 9.90 Å². The van der Waals surface area contributed by atoms with Gasteiger partial charge in [0.25, 0.3) is 0 Å². The molecule has 0 amide bonds. The highest BCUT2D eigenvalue weighted by molar-refractivity contribution is 6.35. The van der Waals surface area contributed by atoms with Gasteiger partial charge in [-0.2, -0.15) is 5.10 Å². The van der Waals surface area contributed by atoms with E-state index in [1.54, 1.807) is 0 Å². The first kappa shape index (κ1) is 15.3. The average Bonchev–Trinajstić information content (AvgIpc) is 2.74. The zero-order chi connectivity index (χ0) is 15.4. The van der Waals surface area contributed by atoms with Crippen molar-refractivity contribution in [1.82, 2.24) is 14.8 Å². The zero-order valence-electron chi connectivity index (χ0n) is 11.9. The molecule has 2 rings (SSSR count). The molecule has 0 aliphatic carbocycles. The van der Waals surface area contributed by atoms with Crippen LogP contribution in [0.4, 0.5) is 5.82 Å². The van der Waals surface area contributed by atoms with E-state index in [9.17, 15) is 4.79 Å². The molecule has 0 saturated carbocycles. The van der Waals surface area contributed by atoms with Crippen molar-refractivity contribution >= 4 is 23.4 Å². The number of aromatic carboxylic acids is 1. The number of anilines is 1. The number of halogens is 1. The first-order valence-corrected chi connectivity index (χ1v) is 6.99. The van der Waals surface area contributed by atoms with Crippen LogP contribution >= 0.6 is 11.6 Å². The van der Waals surface area contributed by atoms with Crippen LogP contribution in [0.1, 0.15) is 28.2 Å². The van der Waals surface area contributed by atoms with Gasteiger partial charge in [-0.25, -0.2) is 9.78 Å². The van der Waals surface area contributed by atoms with Crippen molar-refractivity contribution in [1.29, 1.82) is 0 Å². The van der Waals surface area contributed by atoms with E-state index >= 15 is 0 Å². The molecule has 0 bridgehead atoms. The number of rotatable bonds is 6. The third kappa shape index (κ3) is 3.72. The molecule has 0 spiro atoms. The molecule has 7 heteroatoms. The Balaban J connectivity index is 1.91.